The third kappa shape index (κ3) is 4.85. The molecule has 1 heterocycles. The number of carbonyl (C=O) groups excluding carboxylic acids is 1. The minimum atomic E-state index is -0.0340. The number of nitrogens with one attached hydrogen (secondary N) is 1. The van der Waals surface area contributed by atoms with Crippen LogP contribution in [0.4, 0.5) is 5.69 Å². The topological polar surface area (TPSA) is 87.1 Å². The average Bonchev–Trinajstić information content (AvgIpc) is 3.17. The number of benzene rings is 2. The van der Waals surface area contributed by atoms with Crippen LogP contribution >= 0.6 is 0 Å². The summed E-state index contributed by atoms with van der Waals surface area (Å²) in [5.41, 5.74) is 5.97. The molecule has 2 saturated carbocycles. The zero-order chi connectivity index (χ0) is 25.1. The third-order valence-corrected chi connectivity index (χ3v) is 7.91. The van der Waals surface area contributed by atoms with Crippen LogP contribution in [0.1, 0.15) is 81.9 Å². The van der Waals surface area contributed by atoms with E-state index in [2.05, 4.69) is 41.1 Å². The minimum Gasteiger partial charge on any atom is -0.352 e. The monoisotopic (exact) mass is 483 g/mol. The van der Waals surface area contributed by atoms with Crippen molar-refractivity contribution in [1.82, 2.24) is 9.88 Å². The molecule has 2 aliphatic carbocycles. The molecule has 0 radical (unpaired) electrons. The first-order chi connectivity index (χ1) is 17.6. The van der Waals surface area contributed by atoms with Gasteiger partial charge in [-0.15, -0.1) is 0 Å². The normalized spacial score (nSPS) is 16.5. The van der Waals surface area contributed by atoms with Crippen LogP contribution < -0.4 is 16.2 Å². The molecule has 1 amide bonds. The van der Waals surface area contributed by atoms with Crippen LogP contribution in [0.2, 0.25) is 0 Å². The average molecular weight is 484 g/mol. The van der Waals surface area contributed by atoms with Crippen LogP contribution in [0.3, 0.4) is 0 Å². The Kier molecular flexibility index (Phi) is 7.29. The largest absolute Gasteiger partial charge is 0.352 e. The van der Waals surface area contributed by atoms with Gasteiger partial charge in [-0.1, -0.05) is 50.8 Å². The number of carbonyl (C=O) groups is 1. The Labute approximate surface area is 214 Å². The third-order valence-electron chi connectivity index (χ3n) is 7.91. The van der Waals surface area contributed by atoms with Gasteiger partial charge in [0.05, 0.1) is 22.5 Å². The second-order valence-corrected chi connectivity index (χ2v) is 10.5. The lowest BCUT2D eigenvalue weighted by Crippen LogP contribution is -2.45. The van der Waals surface area contributed by atoms with Gasteiger partial charge in [-0.05, 0) is 73.9 Å². The van der Waals surface area contributed by atoms with E-state index in [4.69, 9.17) is 5.84 Å². The molecule has 0 aliphatic heterocycles. The summed E-state index contributed by atoms with van der Waals surface area (Å²) in [4.78, 5) is 12.5. The molecule has 5 rings (SSSR count). The van der Waals surface area contributed by atoms with Crippen molar-refractivity contribution in [3.8, 4) is 17.3 Å². The van der Waals surface area contributed by atoms with Crippen molar-refractivity contribution >= 4 is 22.5 Å². The van der Waals surface area contributed by atoms with Gasteiger partial charge in [0.15, 0.2) is 0 Å². The number of anilines is 1. The number of nitrogens with two attached hydrogens (primary N) is 1. The first kappa shape index (κ1) is 24.4. The summed E-state index contributed by atoms with van der Waals surface area (Å²) in [7, 11) is 0. The van der Waals surface area contributed by atoms with Crippen molar-refractivity contribution in [3.05, 3.63) is 53.6 Å². The summed E-state index contributed by atoms with van der Waals surface area (Å²) in [6.07, 6.45) is 11.3. The van der Waals surface area contributed by atoms with Gasteiger partial charge >= 0.3 is 0 Å². The molecule has 3 aromatic rings. The Morgan fingerprint density at radius 3 is 2.47 bits per heavy atom. The second kappa shape index (κ2) is 10.8. The zero-order valence-electron chi connectivity index (χ0n) is 21.3. The molecule has 36 heavy (non-hydrogen) atoms. The summed E-state index contributed by atoms with van der Waals surface area (Å²) >= 11 is 0. The number of nitriles is 1. The molecule has 0 spiro atoms. The molecule has 0 saturated heterocycles. The Hall–Kier alpha value is -3.30. The van der Waals surface area contributed by atoms with Crippen LogP contribution in [0.15, 0.2) is 42.5 Å². The lowest BCUT2D eigenvalue weighted by Gasteiger charge is -2.30. The Morgan fingerprint density at radius 2 is 1.83 bits per heavy atom. The molecule has 3 N–H and O–H groups in total. The number of rotatable bonds is 8. The SMILES string of the molecule is CCCc1ccc2c(c1)c(C#N)c(-c1ccc(N(N)CC(=O)NC3CCCCC3)cc1)n2C1CCC1. The maximum Gasteiger partial charge on any atom is 0.241 e. The fourth-order valence-corrected chi connectivity index (χ4v) is 5.80. The van der Waals surface area contributed by atoms with Gasteiger partial charge in [0.1, 0.15) is 12.6 Å². The number of aryl methyl sites for hydroxylation is 1. The van der Waals surface area contributed by atoms with E-state index in [1.807, 2.05) is 24.3 Å². The van der Waals surface area contributed by atoms with Crippen molar-refractivity contribution in [2.45, 2.75) is 83.2 Å². The maximum atomic E-state index is 12.5. The summed E-state index contributed by atoms with van der Waals surface area (Å²) in [6.45, 7) is 2.31. The van der Waals surface area contributed by atoms with Gasteiger partial charge < -0.3 is 14.9 Å². The highest BCUT2D eigenvalue weighted by atomic mass is 16.2. The van der Waals surface area contributed by atoms with Crippen molar-refractivity contribution in [2.75, 3.05) is 11.6 Å². The predicted octanol–water partition coefficient (Wildman–Crippen LogP) is 5.99. The number of aromatic nitrogens is 1. The fourth-order valence-electron chi connectivity index (χ4n) is 5.80. The second-order valence-electron chi connectivity index (χ2n) is 10.5. The summed E-state index contributed by atoms with van der Waals surface area (Å²) in [5.74, 6) is 6.24. The quantitative estimate of drug-likeness (QED) is 0.304. The van der Waals surface area contributed by atoms with Crippen LogP contribution in [-0.2, 0) is 11.2 Å². The summed E-state index contributed by atoms with van der Waals surface area (Å²) < 4.78 is 2.39. The van der Waals surface area contributed by atoms with Gasteiger partial charge in [-0.2, -0.15) is 5.26 Å². The summed E-state index contributed by atoms with van der Waals surface area (Å²) in [6, 6.07) is 17.8. The van der Waals surface area contributed by atoms with Crippen LogP contribution in [-0.4, -0.2) is 23.1 Å². The highest BCUT2D eigenvalue weighted by Crippen LogP contribution is 2.43. The molecule has 6 heteroatoms. The first-order valence-corrected chi connectivity index (χ1v) is 13.6. The molecule has 0 bridgehead atoms. The highest BCUT2D eigenvalue weighted by Gasteiger charge is 2.28. The van der Waals surface area contributed by atoms with Crippen molar-refractivity contribution in [1.29, 1.82) is 5.26 Å². The molecular formula is C30H37N5O. The van der Waals surface area contributed by atoms with E-state index in [1.165, 1.54) is 36.3 Å². The van der Waals surface area contributed by atoms with Gasteiger partial charge in [-0.25, -0.2) is 5.84 Å². The van der Waals surface area contributed by atoms with E-state index in [0.717, 1.165) is 71.9 Å². The molecule has 2 aliphatic rings. The van der Waals surface area contributed by atoms with Gasteiger partial charge in [-0.3, -0.25) is 4.79 Å². The smallest absolute Gasteiger partial charge is 0.241 e. The van der Waals surface area contributed by atoms with E-state index in [1.54, 1.807) is 0 Å². The molecular weight excluding hydrogens is 446 g/mol. The highest BCUT2D eigenvalue weighted by molar-refractivity contribution is 5.95. The first-order valence-electron chi connectivity index (χ1n) is 13.6. The van der Waals surface area contributed by atoms with E-state index in [9.17, 15) is 10.1 Å². The Morgan fingerprint density at radius 1 is 1.08 bits per heavy atom. The lowest BCUT2D eigenvalue weighted by molar-refractivity contribution is -0.120. The minimum absolute atomic E-state index is 0.0340. The lowest BCUT2D eigenvalue weighted by atomic mass is 9.92. The Bertz CT molecular complexity index is 1260. The molecule has 1 aromatic heterocycles. The van der Waals surface area contributed by atoms with Gasteiger partial charge in [0, 0.05) is 17.5 Å². The maximum absolute atomic E-state index is 12.5. The van der Waals surface area contributed by atoms with Gasteiger partial charge in [0.2, 0.25) is 5.91 Å². The molecule has 0 atom stereocenters. The van der Waals surface area contributed by atoms with Crippen molar-refractivity contribution < 1.29 is 4.79 Å². The van der Waals surface area contributed by atoms with E-state index < -0.39 is 0 Å². The Balaban J connectivity index is 1.41. The van der Waals surface area contributed by atoms with E-state index in [0.29, 0.717) is 6.04 Å². The predicted molar refractivity (Wildman–Crippen MR) is 146 cm³/mol. The molecule has 0 unspecified atom stereocenters. The van der Waals surface area contributed by atoms with E-state index in [-0.39, 0.29) is 18.5 Å². The molecule has 6 nitrogen and oxygen atoms in total. The molecule has 188 valence electrons. The number of hydrazine groups is 1. The van der Waals surface area contributed by atoms with Crippen LogP contribution in [0.5, 0.6) is 0 Å². The van der Waals surface area contributed by atoms with E-state index >= 15 is 0 Å². The standard InChI is InChI=1S/C30H37N5O/c1-2-7-21-12-17-28-26(18-21)27(19-31)30(35(28)25-10-6-11-25)22-13-15-24(16-14-22)34(32)20-29(36)33-23-8-4-3-5-9-23/h12-18,23,25H,2-11,20,32H2,1H3,(H,33,36). The number of fused-ring (bicyclic) bond motifs is 1. The molecule has 2 aromatic carbocycles. The van der Waals surface area contributed by atoms with Gasteiger partial charge in [0.25, 0.3) is 0 Å². The fraction of sp³-hybridized carbons (Fsp3) is 0.467. The number of nitrogens with zero attached hydrogens (tertiary/aromatic N) is 3. The van der Waals surface area contributed by atoms with Crippen molar-refractivity contribution in [3.63, 3.8) is 0 Å². The summed E-state index contributed by atoms with van der Waals surface area (Å²) in [5, 5.41) is 15.9. The zero-order valence-corrected chi connectivity index (χ0v) is 21.3. The van der Waals surface area contributed by atoms with Crippen LogP contribution in [0.25, 0.3) is 22.2 Å². The number of hydrogen-bond donors (Lipinski definition) is 2. The number of amides is 1. The number of hydrogen-bond acceptors (Lipinski definition) is 4. The molecule has 2 fully saturated rings. The van der Waals surface area contributed by atoms with Crippen LogP contribution in [0, 0.1) is 11.3 Å². The van der Waals surface area contributed by atoms with Crippen molar-refractivity contribution in [2.24, 2.45) is 5.84 Å².